The van der Waals surface area contributed by atoms with Gasteiger partial charge in [0.2, 0.25) is 21.8 Å². The molecule has 0 fully saturated rings. The summed E-state index contributed by atoms with van der Waals surface area (Å²) >= 11 is 3.45. The van der Waals surface area contributed by atoms with Crippen LogP contribution in [0.15, 0.2) is 102 Å². The third-order valence-electron chi connectivity index (χ3n) is 7.08. The number of sulfonamides is 1. The Morgan fingerprint density at radius 2 is 1.52 bits per heavy atom. The van der Waals surface area contributed by atoms with Crippen LogP contribution in [0.2, 0.25) is 0 Å². The second-order valence-corrected chi connectivity index (χ2v) is 13.1. The second-order valence-electron chi connectivity index (χ2n) is 10.3. The molecule has 4 rings (SSSR count). The van der Waals surface area contributed by atoms with Crippen molar-refractivity contribution in [1.82, 2.24) is 10.2 Å². The molecule has 9 heteroatoms. The predicted molar refractivity (Wildman–Crippen MR) is 173 cm³/mol. The molecule has 0 radical (unpaired) electrons. The Bertz CT molecular complexity index is 1610. The van der Waals surface area contributed by atoms with Crippen LogP contribution in [-0.4, -0.2) is 50.5 Å². The number of halogens is 1. The molecule has 0 aliphatic rings. The van der Waals surface area contributed by atoms with Crippen molar-refractivity contribution in [3.05, 3.63) is 113 Å². The average molecular weight is 651 g/mol. The molecule has 220 valence electrons. The van der Waals surface area contributed by atoms with Gasteiger partial charge in [0.25, 0.3) is 0 Å². The van der Waals surface area contributed by atoms with Gasteiger partial charge in [0, 0.05) is 29.4 Å². The van der Waals surface area contributed by atoms with Crippen LogP contribution in [0.5, 0.6) is 0 Å². The zero-order chi connectivity index (χ0) is 30.1. The molecule has 4 aromatic carbocycles. The number of fused-ring (bicyclic) bond motifs is 1. The van der Waals surface area contributed by atoms with Crippen LogP contribution in [0.1, 0.15) is 30.9 Å². The van der Waals surface area contributed by atoms with E-state index in [-0.39, 0.29) is 18.9 Å². The lowest BCUT2D eigenvalue weighted by molar-refractivity contribution is -0.140. The molecule has 0 heterocycles. The van der Waals surface area contributed by atoms with Gasteiger partial charge in [-0.1, -0.05) is 108 Å². The highest BCUT2D eigenvalue weighted by Crippen LogP contribution is 2.29. The Hall–Kier alpha value is -3.69. The number of anilines is 1. The molecule has 0 unspecified atom stereocenters. The van der Waals surface area contributed by atoms with Crippen LogP contribution in [-0.2, 0) is 32.6 Å². The summed E-state index contributed by atoms with van der Waals surface area (Å²) in [7, 11) is -3.86. The molecule has 4 aromatic rings. The molecule has 2 amide bonds. The van der Waals surface area contributed by atoms with Crippen molar-refractivity contribution < 1.29 is 18.0 Å². The summed E-state index contributed by atoms with van der Waals surface area (Å²) in [6.45, 7) is 2.23. The number of carbonyl (C=O) groups excluding carboxylic acids is 2. The monoisotopic (exact) mass is 649 g/mol. The maximum absolute atomic E-state index is 14.3. The van der Waals surface area contributed by atoms with Crippen molar-refractivity contribution in [2.24, 2.45) is 0 Å². The third kappa shape index (κ3) is 8.20. The molecule has 0 aromatic heterocycles. The lowest BCUT2D eigenvalue weighted by atomic mass is 10.0. The van der Waals surface area contributed by atoms with Crippen LogP contribution >= 0.6 is 15.9 Å². The fourth-order valence-electron chi connectivity index (χ4n) is 4.87. The fraction of sp³-hybridized carbons (Fsp3) is 0.273. The Labute approximate surface area is 256 Å². The molecular formula is C33H36BrN3O4S. The molecule has 0 saturated carbocycles. The first-order valence-electron chi connectivity index (χ1n) is 14.0. The van der Waals surface area contributed by atoms with E-state index in [4.69, 9.17) is 0 Å². The summed E-state index contributed by atoms with van der Waals surface area (Å²) in [5, 5.41) is 4.58. The van der Waals surface area contributed by atoms with Gasteiger partial charge in [-0.25, -0.2) is 8.42 Å². The molecule has 42 heavy (non-hydrogen) atoms. The van der Waals surface area contributed by atoms with Gasteiger partial charge in [-0.3, -0.25) is 13.9 Å². The van der Waals surface area contributed by atoms with Crippen molar-refractivity contribution >= 4 is 54.2 Å². The van der Waals surface area contributed by atoms with Gasteiger partial charge >= 0.3 is 0 Å². The minimum absolute atomic E-state index is 0.137. The number of amides is 2. The Morgan fingerprint density at radius 3 is 2.21 bits per heavy atom. The van der Waals surface area contributed by atoms with Gasteiger partial charge in [-0.15, -0.1) is 0 Å². The summed E-state index contributed by atoms with van der Waals surface area (Å²) in [6.07, 6.45) is 3.11. The van der Waals surface area contributed by atoms with E-state index in [2.05, 4.69) is 21.2 Å². The lowest BCUT2D eigenvalue weighted by Crippen LogP contribution is -2.53. The summed E-state index contributed by atoms with van der Waals surface area (Å²) in [5.74, 6) is -0.739. The van der Waals surface area contributed by atoms with E-state index in [9.17, 15) is 18.0 Å². The quantitative estimate of drug-likeness (QED) is 0.182. The van der Waals surface area contributed by atoms with E-state index in [0.717, 1.165) is 49.8 Å². The van der Waals surface area contributed by atoms with Gasteiger partial charge in [0.05, 0.1) is 11.9 Å². The summed E-state index contributed by atoms with van der Waals surface area (Å²) in [6, 6.07) is 29.1. The van der Waals surface area contributed by atoms with Crippen LogP contribution in [0.4, 0.5) is 5.69 Å². The van der Waals surface area contributed by atoms with Gasteiger partial charge < -0.3 is 10.2 Å². The second kappa shape index (κ2) is 14.5. The molecule has 0 aliphatic heterocycles. The topological polar surface area (TPSA) is 86.8 Å². The van der Waals surface area contributed by atoms with Gasteiger partial charge in [0.1, 0.15) is 12.6 Å². The maximum atomic E-state index is 14.3. The molecule has 0 aliphatic carbocycles. The first kappa shape index (κ1) is 31.3. The number of benzene rings is 4. The van der Waals surface area contributed by atoms with E-state index in [1.54, 1.807) is 12.1 Å². The molecule has 7 nitrogen and oxygen atoms in total. The number of carbonyl (C=O) groups is 2. The molecule has 0 saturated heterocycles. The van der Waals surface area contributed by atoms with Gasteiger partial charge in [0.15, 0.2) is 0 Å². The number of nitrogens with one attached hydrogen (secondary N) is 1. The summed E-state index contributed by atoms with van der Waals surface area (Å²) in [4.78, 5) is 29.5. The first-order valence-corrected chi connectivity index (χ1v) is 16.6. The van der Waals surface area contributed by atoms with Crippen LogP contribution in [0.3, 0.4) is 0 Å². The van der Waals surface area contributed by atoms with Crippen LogP contribution in [0.25, 0.3) is 10.8 Å². The number of unbranched alkanes of at least 4 members (excludes halogenated alkanes) is 1. The highest BCUT2D eigenvalue weighted by molar-refractivity contribution is 9.10. The number of nitrogens with zero attached hydrogens (tertiary/aromatic N) is 2. The van der Waals surface area contributed by atoms with Gasteiger partial charge in [-0.2, -0.15) is 0 Å². The van der Waals surface area contributed by atoms with Crippen molar-refractivity contribution in [2.45, 2.75) is 38.8 Å². The summed E-state index contributed by atoms with van der Waals surface area (Å²) in [5.41, 5.74) is 2.14. The maximum Gasteiger partial charge on any atom is 0.244 e. The highest BCUT2D eigenvalue weighted by Gasteiger charge is 2.33. The first-order chi connectivity index (χ1) is 20.2. The molecule has 1 atom stereocenters. The Balaban J connectivity index is 1.76. The van der Waals surface area contributed by atoms with E-state index >= 15 is 0 Å². The average Bonchev–Trinajstić information content (AvgIpc) is 2.98. The van der Waals surface area contributed by atoms with Crippen molar-refractivity contribution in [1.29, 1.82) is 0 Å². The molecule has 1 N–H and O–H groups in total. The molecule has 0 spiro atoms. The Kier molecular flexibility index (Phi) is 10.8. The van der Waals surface area contributed by atoms with E-state index in [0.29, 0.717) is 12.2 Å². The highest BCUT2D eigenvalue weighted by atomic mass is 79.9. The predicted octanol–water partition coefficient (Wildman–Crippen LogP) is 5.92. The summed E-state index contributed by atoms with van der Waals surface area (Å²) < 4.78 is 28.4. The molecule has 0 bridgehead atoms. The van der Waals surface area contributed by atoms with E-state index < -0.39 is 28.5 Å². The van der Waals surface area contributed by atoms with Crippen LogP contribution < -0.4 is 9.62 Å². The lowest BCUT2D eigenvalue weighted by Gasteiger charge is -2.33. The zero-order valence-electron chi connectivity index (χ0n) is 23.9. The largest absolute Gasteiger partial charge is 0.354 e. The number of hydrogen-bond acceptors (Lipinski definition) is 4. The van der Waals surface area contributed by atoms with E-state index in [1.807, 2.05) is 91.9 Å². The molecular weight excluding hydrogens is 614 g/mol. The van der Waals surface area contributed by atoms with Crippen molar-refractivity contribution in [3.8, 4) is 0 Å². The van der Waals surface area contributed by atoms with Crippen LogP contribution in [0, 0.1) is 0 Å². The fourth-order valence-corrected chi connectivity index (χ4v) is 5.99. The Morgan fingerprint density at radius 1 is 0.857 bits per heavy atom. The number of hydrogen-bond donors (Lipinski definition) is 1. The zero-order valence-corrected chi connectivity index (χ0v) is 26.3. The van der Waals surface area contributed by atoms with E-state index in [1.165, 1.54) is 4.90 Å². The number of rotatable bonds is 13. The van der Waals surface area contributed by atoms with Gasteiger partial charge in [-0.05, 0) is 41.1 Å². The minimum Gasteiger partial charge on any atom is -0.354 e. The van der Waals surface area contributed by atoms with Crippen molar-refractivity contribution in [2.75, 3.05) is 23.7 Å². The minimum atomic E-state index is -3.86. The standard InChI is InChI=1S/C33H36BrN3O4S/c1-3-4-21-35-33(39)31(22-25-11-6-5-7-12-25)36(23-26-17-19-28(34)20-18-26)32(38)24-37(42(2,40)41)30-16-10-14-27-13-8-9-15-29(27)30/h5-20,31H,3-4,21-24H2,1-2H3,(H,35,39)/t31-/m0/s1. The third-order valence-corrected chi connectivity index (χ3v) is 8.74. The SMILES string of the molecule is CCCCNC(=O)[C@H](Cc1ccccc1)N(Cc1ccc(Br)cc1)C(=O)CN(c1cccc2ccccc12)S(C)(=O)=O. The normalized spacial score (nSPS) is 12.1. The van der Waals surface area contributed by atoms with Crippen molar-refractivity contribution in [3.63, 3.8) is 0 Å². The smallest absolute Gasteiger partial charge is 0.244 e.